The Bertz CT molecular complexity index is 269. The number of hydrogen-bond donors (Lipinski definition) is 1. The maximum absolute atomic E-state index is 9.54. The molecule has 0 unspecified atom stereocenters. The Morgan fingerprint density at radius 3 is 2.77 bits per heavy atom. The summed E-state index contributed by atoms with van der Waals surface area (Å²) in [6.07, 6.45) is 0.778. The van der Waals surface area contributed by atoms with Crippen LogP contribution < -0.4 is 0 Å². The second-order valence-corrected chi connectivity index (χ2v) is 3.08. The van der Waals surface area contributed by atoms with E-state index in [0.29, 0.717) is 12.4 Å². The third kappa shape index (κ3) is 3.07. The number of benzene rings is 1. The van der Waals surface area contributed by atoms with Gasteiger partial charge < -0.3 is 9.84 Å². The minimum atomic E-state index is 0.375. The third-order valence-corrected chi connectivity index (χ3v) is 1.96. The molecule has 2 heteroatoms. The molecule has 1 N–H and O–H groups in total. The number of aromatic hydroxyl groups is 1. The Morgan fingerprint density at radius 1 is 1.38 bits per heavy atom. The van der Waals surface area contributed by atoms with Gasteiger partial charge in [-0.25, -0.2) is 0 Å². The molecule has 0 bridgehead atoms. The average Bonchev–Trinajstić information content (AvgIpc) is 2.09. The monoisotopic (exact) mass is 180 g/mol. The van der Waals surface area contributed by atoms with E-state index in [2.05, 4.69) is 0 Å². The first kappa shape index (κ1) is 10.1. The van der Waals surface area contributed by atoms with Crippen LogP contribution in [-0.2, 0) is 11.2 Å². The summed E-state index contributed by atoms with van der Waals surface area (Å²) in [5.41, 5.74) is 2.04. The lowest BCUT2D eigenvalue weighted by Gasteiger charge is -2.05. The summed E-state index contributed by atoms with van der Waals surface area (Å²) < 4.78 is 5.21. The zero-order chi connectivity index (χ0) is 9.68. The van der Waals surface area contributed by atoms with E-state index < -0.39 is 0 Å². The number of phenolic OH excluding ortho intramolecular Hbond substituents is 1. The van der Waals surface area contributed by atoms with Gasteiger partial charge in [-0.3, -0.25) is 0 Å². The maximum atomic E-state index is 9.54. The highest BCUT2D eigenvalue weighted by atomic mass is 16.5. The van der Waals surface area contributed by atoms with E-state index in [1.807, 2.05) is 26.0 Å². The lowest BCUT2D eigenvalue weighted by atomic mass is 10.1. The van der Waals surface area contributed by atoms with Crippen LogP contribution in [0.15, 0.2) is 18.2 Å². The Morgan fingerprint density at radius 2 is 2.15 bits per heavy atom. The maximum Gasteiger partial charge on any atom is 0.119 e. The van der Waals surface area contributed by atoms with Gasteiger partial charge in [0.15, 0.2) is 0 Å². The molecule has 0 aliphatic carbocycles. The number of ether oxygens (including phenoxy) is 1. The molecule has 2 nitrogen and oxygen atoms in total. The molecule has 0 aromatic heterocycles. The zero-order valence-electron chi connectivity index (χ0n) is 8.21. The van der Waals surface area contributed by atoms with Gasteiger partial charge in [0.1, 0.15) is 5.75 Å². The second kappa shape index (κ2) is 4.87. The smallest absolute Gasteiger partial charge is 0.119 e. The lowest BCUT2D eigenvalue weighted by Crippen LogP contribution is -1.98. The van der Waals surface area contributed by atoms with Crippen LogP contribution in [0.3, 0.4) is 0 Å². The van der Waals surface area contributed by atoms with Crippen LogP contribution in [0.4, 0.5) is 0 Å². The molecule has 1 rings (SSSR count). The summed E-state index contributed by atoms with van der Waals surface area (Å²) in [6, 6.07) is 5.73. The minimum absolute atomic E-state index is 0.375. The number of rotatable bonds is 4. The van der Waals surface area contributed by atoms with Gasteiger partial charge in [0.25, 0.3) is 0 Å². The Kier molecular flexibility index (Phi) is 3.77. The van der Waals surface area contributed by atoms with Crippen LogP contribution >= 0.6 is 0 Å². The molecule has 0 atom stereocenters. The van der Waals surface area contributed by atoms with E-state index in [9.17, 15) is 5.11 Å². The lowest BCUT2D eigenvalue weighted by molar-refractivity contribution is 0.150. The molecule has 0 saturated heterocycles. The van der Waals surface area contributed by atoms with Gasteiger partial charge in [-0.15, -0.1) is 0 Å². The molecule has 72 valence electrons. The van der Waals surface area contributed by atoms with Crippen molar-refractivity contribution in [1.29, 1.82) is 0 Å². The van der Waals surface area contributed by atoms with E-state index in [-0.39, 0.29) is 0 Å². The predicted molar refractivity (Wildman–Crippen MR) is 53.0 cm³/mol. The normalized spacial score (nSPS) is 10.3. The molecule has 0 aliphatic rings. The fourth-order valence-corrected chi connectivity index (χ4v) is 1.21. The van der Waals surface area contributed by atoms with Gasteiger partial charge in [-0.2, -0.15) is 0 Å². The molecular weight excluding hydrogens is 164 g/mol. The fraction of sp³-hybridized carbons (Fsp3) is 0.455. The summed E-state index contributed by atoms with van der Waals surface area (Å²) in [6.45, 7) is 5.33. The Labute approximate surface area is 79.2 Å². The summed E-state index contributed by atoms with van der Waals surface area (Å²) in [7, 11) is 0. The van der Waals surface area contributed by atoms with Crippen LogP contribution in [0.25, 0.3) is 0 Å². The number of aryl methyl sites for hydroxylation is 1. The molecule has 0 fully saturated rings. The molecule has 13 heavy (non-hydrogen) atoms. The topological polar surface area (TPSA) is 29.5 Å². The standard InChI is InChI=1S/C11H16O2/c1-3-13-7-6-10-5-4-9(2)8-11(10)12/h4-5,8,12H,3,6-7H2,1-2H3. The minimum Gasteiger partial charge on any atom is -0.508 e. The quantitative estimate of drug-likeness (QED) is 0.720. The Hall–Kier alpha value is -1.02. The van der Waals surface area contributed by atoms with Crippen molar-refractivity contribution in [2.24, 2.45) is 0 Å². The summed E-state index contributed by atoms with van der Waals surface area (Å²) in [5, 5.41) is 9.54. The SMILES string of the molecule is CCOCCc1ccc(C)cc1O. The van der Waals surface area contributed by atoms with E-state index >= 15 is 0 Å². The molecular formula is C11H16O2. The number of hydrogen-bond acceptors (Lipinski definition) is 2. The molecule has 1 aromatic rings. The second-order valence-electron chi connectivity index (χ2n) is 3.08. The van der Waals surface area contributed by atoms with Crippen LogP contribution in [0, 0.1) is 6.92 Å². The summed E-state index contributed by atoms with van der Waals surface area (Å²) >= 11 is 0. The highest BCUT2D eigenvalue weighted by Crippen LogP contribution is 2.18. The fourth-order valence-electron chi connectivity index (χ4n) is 1.21. The Balaban J connectivity index is 2.56. The summed E-state index contributed by atoms with van der Waals surface area (Å²) in [4.78, 5) is 0. The molecule has 0 spiro atoms. The van der Waals surface area contributed by atoms with Crippen molar-refractivity contribution >= 4 is 0 Å². The largest absolute Gasteiger partial charge is 0.508 e. The van der Waals surface area contributed by atoms with Crippen LogP contribution in [-0.4, -0.2) is 18.3 Å². The first-order chi connectivity index (χ1) is 6.24. The number of phenols is 1. The zero-order valence-corrected chi connectivity index (χ0v) is 8.21. The van der Waals surface area contributed by atoms with E-state index in [4.69, 9.17) is 4.74 Å². The molecule has 1 aromatic carbocycles. The molecule has 0 saturated carbocycles. The van der Waals surface area contributed by atoms with Crippen molar-refractivity contribution in [3.05, 3.63) is 29.3 Å². The van der Waals surface area contributed by atoms with Gasteiger partial charge in [0.05, 0.1) is 6.61 Å². The van der Waals surface area contributed by atoms with E-state index in [1.54, 1.807) is 6.07 Å². The highest BCUT2D eigenvalue weighted by Gasteiger charge is 2.00. The van der Waals surface area contributed by atoms with Crippen molar-refractivity contribution in [2.45, 2.75) is 20.3 Å². The van der Waals surface area contributed by atoms with Gasteiger partial charge in [-0.1, -0.05) is 12.1 Å². The van der Waals surface area contributed by atoms with Crippen molar-refractivity contribution in [1.82, 2.24) is 0 Å². The van der Waals surface area contributed by atoms with Gasteiger partial charge in [-0.05, 0) is 37.5 Å². The molecule has 0 aliphatic heterocycles. The van der Waals surface area contributed by atoms with Crippen molar-refractivity contribution in [3.8, 4) is 5.75 Å². The van der Waals surface area contributed by atoms with Crippen molar-refractivity contribution in [3.63, 3.8) is 0 Å². The van der Waals surface area contributed by atoms with Crippen LogP contribution in [0.5, 0.6) is 5.75 Å². The van der Waals surface area contributed by atoms with Gasteiger partial charge in [0, 0.05) is 6.61 Å². The average molecular weight is 180 g/mol. The van der Waals surface area contributed by atoms with Crippen molar-refractivity contribution < 1.29 is 9.84 Å². The van der Waals surface area contributed by atoms with Gasteiger partial charge in [0.2, 0.25) is 0 Å². The van der Waals surface area contributed by atoms with Crippen molar-refractivity contribution in [2.75, 3.05) is 13.2 Å². The van der Waals surface area contributed by atoms with E-state index in [1.165, 1.54) is 0 Å². The third-order valence-electron chi connectivity index (χ3n) is 1.96. The van der Waals surface area contributed by atoms with E-state index in [0.717, 1.165) is 24.2 Å². The highest BCUT2D eigenvalue weighted by molar-refractivity contribution is 5.35. The van der Waals surface area contributed by atoms with Crippen LogP contribution in [0.1, 0.15) is 18.1 Å². The predicted octanol–water partition coefficient (Wildman–Crippen LogP) is 2.28. The first-order valence-corrected chi connectivity index (χ1v) is 4.60. The molecule has 0 radical (unpaired) electrons. The molecule has 0 heterocycles. The van der Waals surface area contributed by atoms with Gasteiger partial charge >= 0.3 is 0 Å². The molecule has 0 amide bonds. The first-order valence-electron chi connectivity index (χ1n) is 4.60. The van der Waals surface area contributed by atoms with Crippen LogP contribution in [0.2, 0.25) is 0 Å². The summed E-state index contributed by atoms with van der Waals surface area (Å²) in [5.74, 6) is 0.375.